The Bertz CT molecular complexity index is 1620. The number of nitrogens with one attached hydrogen (secondary N) is 1. The zero-order valence-electron chi connectivity index (χ0n) is 17.6. The quantitative estimate of drug-likeness (QED) is 0.401. The summed E-state index contributed by atoms with van der Waals surface area (Å²) in [5.41, 5.74) is -2.38. The van der Waals surface area contributed by atoms with Crippen molar-refractivity contribution >= 4 is 56.4 Å². The van der Waals surface area contributed by atoms with E-state index in [-0.39, 0.29) is 42.3 Å². The lowest BCUT2D eigenvalue weighted by Gasteiger charge is -2.27. The number of carboxylic acids is 2. The normalized spacial score (nSPS) is 17.1. The molecule has 0 radical (unpaired) electrons. The second-order valence-electron chi connectivity index (χ2n) is 7.46. The highest BCUT2D eigenvalue weighted by Crippen LogP contribution is 2.42. The number of para-hydroxylation sites is 1. The van der Waals surface area contributed by atoms with E-state index in [0.717, 1.165) is 12.2 Å². The monoisotopic (exact) mass is 530 g/mol. The van der Waals surface area contributed by atoms with Crippen LogP contribution in [0.3, 0.4) is 0 Å². The minimum Gasteiger partial charge on any atom is -0.479 e. The van der Waals surface area contributed by atoms with Gasteiger partial charge in [0.1, 0.15) is 0 Å². The van der Waals surface area contributed by atoms with Crippen LogP contribution >= 0.6 is 23.2 Å². The van der Waals surface area contributed by atoms with Crippen molar-refractivity contribution in [2.75, 3.05) is 4.72 Å². The molecule has 178 valence electrons. The molecule has 3 aromatic rings. The molecule has 1 atom stereocenters. The molecule has 0 amide bonds. The highest BCUT2D eigenvalue weighted by atomic mass is 35.5. The average Bonchev–Trinajstić information content (AvgIpc) is 3.13. The fourth-order valence-corrected chi connectivity index (χ4v) is 5.55. The van der Waals surface area contributed by atoms with Gasteiger partial charge in [0, 0.05) is 27.5 Å². The van der Waals surface area contributed by atoms with Crippen molar-refractivity contribution in [3.8, 4) is 0 Å². The average molecular weight is 531 g/mol. The Labute approximate surface area is 209 Å². The molecule has 0 aliphatic carbocycles. The van der Waals surface area contributed by atoms with Gasteiger partial charge >= 0.3 is 11.9 Å². The van der Waals surface area contributed by atoms with E-state index in [4.69, 9.17) is 23.2 Å². The number of fused-ring (bicyclic) bond motifs is 1. The molecular formula is C24H16Cl2N2O6S. The van der Waals surface area contributed by atoms with Crippen molar-refractivity contribution in [3.05, 3.63) is 105 Å². The lowest BCUT2D eigenvalue weighted by molar-refractivity contribution is -0.141. The maximum absolute atomic E-state index is 13.0. The Balaban J connectivity index is 2.03. The second-order valence-corrected chi connectivity index (χ2v) is 9.98. The minimum absolute atomic E-state index is 0.0318. The lowest BCUT2D eigenvalue weighted by Crippen LogP contribution is -2.36. The Morgan fingerprint density at radius 1 is 0.971 bits per heavy atom. The van der Waals surface area contributed by atoms with E-state index in [1.165, 1.54) is 48.5 Å². The van der Waals surface area contributed by atoms with Gasteiger partial charge in [0.25, 0.3) is 10.0 Å². The predicted molar refractivity (Wildman–Crippen MR) is 130 cm³/mol. The van der Waals surface area contributed by atoms with Gasteiger partial charge in [-0.3, -0.25) is 9.71 Å². The van der Waals surface area contributed by atoms with Gasteiger partial charge in [0.2, 0.25) is 5.54 Å². The summed E-state index contributed by atoms with van der Waals surface area (Å²) in [5, 5.41) is 20.3. The van der Waals surface area contributed by atoms with Crippen molar-refractivity contribution < 1.29 is 28.2 Å². The molecule has 0 aromatic heterocycles. The minimum atomic E-state index is -4.10. The molecule has 0 spiro atoms. The summed E-state index contributed by atoms with van der Waals surface area (Å²) in [6.45, 7) is 0. The molecule has 35 heavy (non-hydrogen) atoms. The Kier molecular flexibility index (Phi) is 6.42. The van der Waals surface area contributed by atoms with Crippen molar-refractivity contribution in [2.45, 2.75) is 10.4 Å². The Hall–Kier alpha value is -3.66. The van der Waals surface area contributed by atoms with E-state index in [9.17, 15) is 28.2 Å². The number of nitrogens with zero attached hydrogens (tertiary/aromatic N) is 1. The van der Waals surface area contributed by atoms with Crippen LogP contribution in [0.2, 0.25) is 10.0 Å². The number of carbonyl (C=O) groups is 2. The standard InChI is InChI=1S/C24H16Cl2N2O6S/c25-14-12-18(26)22-17(10-11-21(29)30)24(23(31)32,27-20(22)13-14)16-8-4-5-9-19(16)28-35(33,34)15-6-2-1-3-7-15/h1-13,28H,(H,29,30)(H,31,32). The number of halogens is 2. The van der Waals surface area contributed by atoms with Gasteiger partial charge in [-0.15, -0.1) is 0 Å². The van der Waals surface area contributed by atoms with Gasteiger partial charge in [-0.1, -0.05) is 59.6 Å². The fraction of sp³-hybridized carbons (Fsp3) is 0.0417. The zero-order valence-corrected chi connectivity index (χ0v) is 20.0. The summed E-state index contributed by atoms with van der Waals surface area (Å²) in [4.78, 5) is 28.6. The highest BCUT2D eigenvalue weighted by Gasteiger charge is 2.48. The van der Waals surface area contributed by atoms with Gasteiger partial charge < -0.3 is 10.2 Å². The molecule has 8 nitrogen and oxygen atoms in total. The number of sulfonamides is 1. The molecule has 0 fully saturated rings. The molecule has 3 aromatic carbocycles. The number of rotatable bonds is 7. The summed E-state index contributed by atoms with van der Waals surface area (Å²) in [7, 11) is -4.10. The summed E-state index contributed by atoms with van der Waals surface area (Å²) in [6, 6.07) is 16.2. The largest absolute Gasteiger partial charge is 0.479 e. The smallest absolute Gasteiger partial charge is 0.341 e. The van der Waals surface area contributed by atoms with Crippen LogP contribution in [0.4, 0.5) is 5.69 Å². The first-order chi connectivity index (χ1) is 16.6. The van der Waals surface area contributed by atoms with Crippen LogP contribution in [0.1, 0.15) is 5.56 Å². The zero-order chi connectivity index (χ0) is 25.4. The van der Waals surface area contributed by atoms with Crippen LogP contribution in [-0.4, -0.2) is 30.6 Å². The van der Waals surface area contributed by atoms with E-state index < -0.39 is 27.5 Å². The van der Waals surface area contributed by atoms with E-state index >= 15 is 0 Å². The lowest BCUT2D eigenvalue weighted by atomic mass is 9.82. The van der Waals surface area contributed by atoms with Crippen molar-refractivity contribution in [1.82, 2.24) is 0 Å². The van der Waals surface area contributed by atoms with Crippen LogP contribution in [0.25, 0.3) is 5.57 Å². The van der Waals surface area contributed by atoms with Gasteiger partial charge in [0.05, 0.1) is 21.0 Å². The number of hydrogen-bond acceptors (Lipinski definition) is 5. The Morgan fingerprint density at radius 2 is 1.63 bits per heavy atom. The van der Waals surface area contributed by atoms with Crippen LogP contribution in [0, 0.1) is 0 Å². The van der Waals surface area contributed by atoms with Gasteiger partial charge in [0.15, 0.2) is 0 Å². The van der Waals surface area contributed by atoms with E-state index in [1.807, 2.05) is 0 Å². The van der Waals surface area contributed by atoms with Crippen LogP contribution in [0.15, 0.2) is 88.8 Å². The van der Waals surface area contributed by atoms with E-state index in [2.05, 4.69) is 9.71 Å². The summed E-state index contributed by atoms with van der Waals surface area (Å²) >= 11 is 12.5. The van der Waals surface area contributed by atoms with E-state index in [0.29, 0.717) is 0 Å². The van der Waals surface area contributed by atoms with E-state index in [1.54, 1.807) is 18.2 Å². The topological polar surface area (TPSA) is 133 Å². The number of carboxylic acid groups (broad SMARTS) is 2. The number of hydrogen-bond donors (Lipinski definition) is 3. The summed E-state index contributed by atoms with van der Waals surface area (Å²) in [5.74, 6) is -2.80. The van der Waals surface area contributed by atoms with Crippen molar-refractivity contribution in [1.29, 1.82) is 0 Å². The first kappa shape index (κ1) is 24.5. The molecule has 11 heteroatoms. The molecule has 0 saturated carbocycles. The SMILES string of the molecule is O=C(O)C=CC1=c2c(Cl)cc(Cl)cc2=NC1(C(=O)O)c1ccccc1NS(=O)(=O)c1ccccc1. The maximum Gasteiger partial charge on any atom is 0.341 e. The molecule has 1 heterocycles. The number of anilines is 1. The van der Waals surface area contributed by atoms with Crippen LogP contribution in [0.5, 0.6) is 0 Å². The molecule has 4 rings (SSSR count). The summed E-state index contributed by atoms with van der Waals surface area (Å²) < 4.78 is 28.5. The molecule has 1 unspecified atom stereocenters. The highest BCUT2D eigenvalue weighted by molar-refractivity contribution is 7.92. The molecule has 0 bridgehead atoms. The molecular weight excluding hydrogens is 515 g/mol. The number of aliphatic carboxylic acids is 2. The predicted octanol–water partition coefficient (Wildman–Crippen LogP) is 3.20. The number of benzene rings is 3. The summed E-state index contributed by atoms with van der Waals surface area (Å²) in [6.07, 6.45) is 1.85. The fourth-order valence-electron chi connectivity index (χ4n) is 3.87. The molecule has 1 aliphatic heterocycles. The third kappa shape index (κ3) is 4.41. The van der Waals surface area contributed by atoms with Gasteiger partial charge in [-0.2, -0.15) is 0 Å². The third-order valence-corrected chi connectivity index (χ3v) is 7.20. The first-order valence-electron chi connectivity index (χ1n) is 9.98. The van der Waals surface area contributed by atoms with Gasteiger partial charge in [-0.25, -0.2) is 18.0 Å². The van der Waals surface area contributed by atoms with Crippen LogP contribution < -0.4 is 15.3 Å². The second kappa shape index (κ2) is 9.18. The van der Waals surface area contributed by atoms with Crippen LogP contribution in [-0.2, 0) is 25.2 Å². The van der Waals surface area contributed by atoms with Crippen molar-refractivity contribution in [2.24, 2.45) is 4.99 Å². The first-order valence-corrected chi connectivity index (χ1v) is 12.2. The Morgan fingerprint density at radius 3 is 2.29 bits per heavy atom. The van der Waals surface area contributed by atoms with Gasteiger partial charge in [-0.05, 0) is 36.4 Å². The van der Waals surface area contributed by atoms with Crippen molar-refractivity contribution in [3.63, 3.8) is 0 Å². The maximum atomic E-state index is 13.0. The third-order valence-electron chi connectivity index (χ3n) is 5.30. The molecule has 0 saturated heterocycles. The molecule has 1 aliphatic rings. The molecule has 3 N–H and O–H groups in total.